The quantitative estimate of drug-likeness (QED) is 0.502. The van der Waals surface area contributed by atoms with Gasteiger partial charge in [-0.05, 0) is 64.3 Å². The summed E-state index contributed by atoms with van der Waals surface area (Å²) in [6, 6.07) is 18.0. The minimum absolute atomic E-state index is 0.173. The average molecular weight is 450 g/mol. The zero-order valence-electron chi connectivity index (χ0n) is 19.8. The molecular weight excluding hydrogens is 414 g/mol. The van der Waals surface area contributed by atoms with Gasteiger partial charge in [-0.2, -0.15) is 0 Å². The van der Waals surface area contributed by atoms with Crippen LogP contribution in [0.25, 0.3) is 10.9 Å². The van der Waals surface area contributed by atoms with E-state index in [1.807, 2.05) is 44.4 Å². The Balaban J connectivity index is 1.41. The lowest BCUT2D eigenvalue weighted by Crippen LogP contribution is -2.47. The average Bonchev–Trinajstić information content (AvgIpc) is 2.84. The molecule has 7 heteroatoms. The standard InChI is InChI=1S/C26H35N5O2/c1-27(2)14-8-16-30-24-13-7-6-12-23(24)25(32)31(26(30)33)17-9-15-28-18-20-29(21-19-28)22-10-4-3-5-11-22/h3-7,10-13H,8-9,14-21H2,1-2H3. The molecule has 0 radical (unpaired) electrons. The Hall–Kier alpha value is -2.90. The fraction of sp³-hybridized carbons (Fsp3) is 0.462. The fourth-order valence-corrected chi connectivity index (χ4v) is 4.65. The van der Waals surface area contributed by atoms with Crippen LogP contribution in [0.1, 0.15) is 12.8 Å². The number of aromatic nitrogens is 2. The van der Waals surface area contributed by atoms with Crippen molar-refractivity contribution in [3.63, 3.8) is 0 Å². The van der Waals surface area contributed by atoms with Crippen LogP contribution in [0.4, 0.5) is 5.69 Å². The Morgan fingerprint density at radius 1 is 0.758 bits per heavy atom. The first kappa shape index (κ1) is 23.3. The van der Waals surface area contributed by atoms with E-state index in [4.69, 9.17) is 0 Å². The van der Waals surface area contributed by atoms with E-state index in [0.717, 1.165) is 57.6 Å². The summed E-state index contributed by atoms with van der Waals surface area (Å²) < 4.78 is 3.22. The molecule has 0 atom stereocenters. The van der Waals surface area contributed by atoms with Gasteiger partial charge in [-0.3, -0.25) is 18.8 Å². The molecule has 1 aliphatic heterocycles. The molecule has 1 fully saturated rings. The van der Waals surface area contributed by atoms with E-state index in [0.29, 0.717) is 18.5 Å². The van der Waals surface area contributed by atoms with E-state index < -0.39 is 0 Å². The zero-order chi connectivity index (χ0) is 23.2. The highest BCUT2D eigenvalue weighted by atomic mass is 16.2. The Bertz CT molecular complexity index is 1160. The van der Waals surface area contributed by atoms with Gasteiger partial charge < -0.3 is 9.80 Å². The number of hydrogen-bond donors (Lipinski definition) is 0. The maximum atomic E-state index is 13.3. The molecule has 2 heterocycles. The monoisotopic (exact) mass is 449 g/mol. The normalized spacial score (nSPS) is 14.9. The van der Waals surface area contributed by atoms with E-state index in [1.54, 1.807) is 4.57 Å². The van der Waals surface area contributed by atoms with Crippen molar-refractivity contribution in [1.29, 1.82) is 0 Å². The third kappa shape index (κ3) is 5.54. The van der Waals surface area contributed by atoms with Crippen molar-refractivity contribution in [1.82, 2.24) is 18.9 Å². The highest BCUT2D eigenvalue weighted by molar-refractivity contribution is 5.77. The van der Waals surface area contributed by atoms with Crippen molar-refractivity contribution in [2.75, 3.05) is 58.3 Å². The predicted octanol–water partition coefficient (Wildman–Crippen LogP) is 2.33. The van der Waals surface area contributed by atoms with Crippen LogP contribution in [-0.2, 0) is 13.1 Å². The molecule has 7 nitrogen and oxygen atoms in total. The van der Waals surface area contributed by atoms with E-state index in [2.05, 4.69) is 39.0 Å². The summed E-state index contributed by atoms with van der Waals surface area (Å²) in [5, 5.41) is 0.624. The first-order chi connectivity index (χ1) is 16.0. The molecular formula is C26H35N5O2. The molecule has 3 aromatic rings. The Morgan fingerprint density at radius 2 is 1.42 bits per heavy atom. The minimum atomic E-state index is -0.189. The summed E-state index contributed by atoms with van der Waals surface area (Å²) >= 11 is 0. The van der Waals surface area contributed by atoms with Gasteiger partial charge in [-0.15, -0.1) is 0 Å². The van der Waals surface area contributed by atoms with Gasteiger partial charge in [0.2, 0.25) is 0 Å². The number of benzene rings is 2. The highest BCUT2D eigenvalue weighted by Gasteiger charge is 2.17. The van der Waals surface area contributed by atoms with E-state index in [1.165, 1.54) is 10.3 Å². The van der Waals surface area contributed by atoms with Crippen molar-refractivity contribution in [3.05, 3.63) is 75.4 Å². The molecule has 1 aromatic heterocycles. The predicted molar refractivity (Wildman–Crippen MR) is 135 cm³/mol. The molecule has 4 rings (SSSR count). The zero-order valence-corrected chi connectivity index (χ0v) is 19.8. The van der Waals surface area contributed by atoms with Crippen LogP contribution < -0.4 is 16.1 Å². The van der Waals surface area contributed by atoms with Crippen LogP contribution in [0.5, 0.6) is 0 Å². The molecule has 0 N–H and O–H groups in total. The fourth-order valence-electron chi connectivity index (χ4n) is 4.65. The number of nitrogens with zero attached hydrogens (tertiary/aromatic N) is 5. The molecule has 1 saturated heterocycles. The molecule has 0 amide bonds. The van der Waals surface area contributed by atoms with Gasteiger partial charge in [-0.1, -0.05) is 30.3 Å². The lowest BCUT2D eigenvalue weighted by Gasteiger charge is -2.36. The molecule has 0 bridgehead atoms. The van der Waals surface area contributed by atoms with Crippen LogP contribution in [0.15, 0.2) is 64.2 Å². The number of hydrogen-bond acceptors (Lipinski definition) is 5. The van der Waals surface area contributed by atoms with Crippen molar-refractivity contribution in [2.24, 2.45) is 0 Å². The number of fused-ring (bicyclic) bond motifs is 1. The SMILES string of the molecule is CN(C)CCCn1c(=O)n(CCCN2CCN(c3ccccc3)CC2)c(=O)c2ccccc21. The Kier molecular flexibility index (Phi) is 7.62. The Morgan fingerprint density at radius 3 is 2.15 bits per heavy atom. The summed E-state index contributed by atoms with van der Waals surface area (Å²) in [5.41, 5.74) is 1.65. The molecule has 33 heavy (non-hydrogen) atoms. The second kappa shape index (κ2) is 10.8. The summed E-state index contributed by atoms with van der Waals surface area (Å²) in [7, 11) is 4.06. The van der Waals surface area contributed by atoms with Crippen LogP contribution in [0.2, 0.25) is 0 Å². The first-order valence-electron chi connectivity index (χ1n) is 11.9. The highest BCUT2D eigenvalue weighted by Crippen LogP contribution is 2.15. The summed E-state index contributed by atoms with van der Waals surface area (Å²) in [6.45, 7) is 6.84. The molecule has 2 aromatic carbocycles. The van der Waals surface area contributed by atoms with Gasteiger partial charge in [0.15, 0.2) is 0 Å². The van der Waals surface area contributed by atoms with Crippen LogP contribution in [-0.4, -0.2) is 72.3 Å². The molecule has 0 saturated carbocycles. The molecule has 0 aliphatic carbocycles. The number of para-hydroxylation sites is 2. The van der Waals surface area contributed by atoms with Gasteiger partial charge in [-0.25, -0.2) is 4.79 Å². The number of aryl methyl sites for hydroxylation is 1. The number of anilines is 1. The smallest absolute Gasteiger partial charge is 0.331 e. The second-order valence-corrected chi connectivity index (χ2v) is 9.08. The van der Waals surface area contributed by atoms with E-state index in [9.17, 15) is 9.59 Å². The van der Waals surface area contributed by atoms with Crippen LogP contribution >= 0.6 is 0 Å². The molecule has 176 valence electrons. The topological polar surface area (TPSA) is 53.7 Å². The summed E-state index contributed by atoms with van der Waals surface area (Å²) in [6.07, 6.45) is 1.65. The second-order valence-electron chi connectivity index (χ2n) is 9.08. The van der Waals surface area contributed by atoms with Crippen LogP contribution in [0, 0.1) is 0 Å². The molecule has 0 unspecified atom stereocenters. The van der Waals surface area contributed by atoms with Gasteiger partial charge in [0.05, 0.1) is 10.9 Å². The molecule has 1 aliphatic rings. The summed E-state index contributed by atoms with van der Waals surface area (Å²) in [4.78, 5) is 33.3. The van der Waals surface area contributed by atoms with Gasteiger partial charge in [0.25, 0.3) is 5.56 Å². The lowest BCUT2D eigenvalue weighted by molar-refractivity contribution is 0.249. The third-order valence-corrected chi connectivity index (χ3v) is 6.47. The Labute approximate surface area is 195 Å². The maximum Gasteiger partial charge on any atom is 0.331 e. The van der Waals surface area contributed by atoms with Crippen molar-refractivity contribution < 1.29 is 0 Å². The maximum absolute atomic E-state index is 13.3. The van der Waals surface area contributed by atoms with Crippen LogP contribution in [0.3, 0.4) is 0 Å². The van der Waals surface area contributed by atoms with Crippen molar-refractivity contribution >= 4 is 16.6 Å². The minimum Gasteiger partial charge on any atom is -0.369 e. The van der Waals surface area contributed by atoms with Gasteiger partial charge >= 0.3 is 5.69 Å². The first-order valence-corrected chi connectivity index (χ1v) is 11.9. The van der Waals surface area contributed by atoms with Crippen molar-refractivity contribution in [3.8, 4) is 0 Å². The third-order valence-electron chi connectivity index (χ3n) is 6.47. The molecule has 0 spiro atoms. The van der Waals surface area contributed by atoms with Crippen molar-refractivity contribution in [2.45, 2.75) is 25.9 Å². The largest absolute Gasteiger partial charge is 0.369 e. The van der Waals surface area contributed by atoms with Gasteiger partial charge in [0.1, 0.15) is 0 Å². The summed E-state index contributed by atoms with van der Waals surface area (Å²) in [5.74, 6) is 0. The van der Waals surface area contributed by atoms with Gasteiger partial charge in [0, 0.05) is 45.0 Å². The number of piperazine rings is 1. The van der Waals surface area contributed by atoms with E-state index >= 15 is 0 Å². The number of rotatable bonds is 9. The lowest BCUT2D eigenvalue weighted by atomic mass is 10.2. The van der Waals surface area contributed by atoms with E-state index in [-0.39, 0.29) is 11.2 Å².